The number of benzene rings is 9. The Labute approximate surface area is 366 Å². The highest BCUT2D eigenvalue weighted by Gasteiger charge is 2.46. The van der Waals surface area contributed by atoms with Gasteiger partial charge in [-0.05, 0) is 51.1 Å². The summed E-state index contributed by atoms with van der Waals surface area (Å²) >= 11 is 0. The van der Waals surface area contributed by atoms with Crippen LogP contribution in [-0.4, -0.2) is 15.0 Å². The summed E-state index contributed by atoms with van der Waals surface area (Å²) in [6, 6.07) is 84.4. The van der Waals surface area contributed by atoms with Gasteiger partial charge in [0.05, 0.1) is 28.0 Å². The third-order valence-electron chi connectivity index (χ3n) is 12.7. The van der Waals surface area contributed by atoms with Crippen molar-refractivity contribution in [3.05, 3.63) is 259 Å². The summed E-state index contributed by atoms with van der Waals surface area (Å²) in [6.07, 6.45) is 0. The predicted octanol–water partition coefficient (Wildman–Crippen LogP) is 14.9. The van der Waals surface area contributed by atoms with Crippen LogP contribution in [0, 0.1) is 0 Å². The largest absolute Gasteiger partial charge is 0.247 e. The number of pyridine rings is 1. The number of para-hydroxylation sites is 1. The van der Waals surface area contributed by atoms with Crippen LogP contribution in [0.1, 0.15) is 22.3 Å². The lowest BCUT2D eigenvalue weighted by molar-refractivity contribution is 0.769. The molecule has 0 aliphatic heterocycles. The highest BCUT2D eigenvalue weighted by atomic mass is 14.9. The Morgan fingerprint density at radius 1 is 0.302 bits per heavy atom. The minimum absolute atomic E-state index is 0.513. The van der Waals surface area contributed by atoms with Gasteiger partial charge in [-0.3, -0.25) is 0 Å². The van der Waals surface area contributed by atoms with E-state index in [-0.39, 0.29) is 0 Å². The van der Waals surface area contributed by atoms with Gasteiger partial charge in [0.15, 0.2) is 5.82 Å². The zero-order chi connectivity index (χ0) is 41.7. The van der Waals surface area contributed by atoms with Crippen LogP contribution in [0.25, 0.3) is 89.1 Å². The van der Waals surface area contributed by atoms with Crippen LogP contribution in [0.5, 0.6) is 0 Å². The standard InChI is InChI=1S/C60H39N3/c1-6-21-40(22-7-1)57-53(58(41-23-8-2-9-24-41)63-59(62-57)42-25-10-3-11-26-42)43-27-20-28-44(39-43)56-49-37-38-51-55(54(49)48-34-17-19-36-52(48)61-56)47-33-16-18-35-50(47)60(51,45-29-12-4-13-30-45)46-31-14-5-15-32-46/h1-39H. The molecule has 3 nitrogen and oxygen atoms in total. The van der Waals surface area contributed by atoms with E-state index in [9.17, 15) is 0 Å². The van der Waals surface area contributed by atoms with Crippen LogP contribution < -0.4 is 0 Å². The summed E-state index contributed by atoms with van der Waals surface area (Å²) in [5, 5.41) is 3.46. The fourth-order valence-electron chi connectivity index (χ4n) is 10.1. The van der Waals surface area contributed by atoms with E-state index in [1.54, 1.807) is 0 Å². The van der Waals surface area contributed by atoms with Gasteiger partial charge in [0, 0.05) is 44.0 Å². The number of hydrogen-bond donors (Lipinski definition) is 0. The van der Waals surface area contributed by atoms with Gasteiger partial charge < -0.3 is 0 Å². The molecule has 294 valence electrons. The van der Waals surface area contributed by atoms with E-state index < -0.39 is 5.41 Å². The van der Waals surface area contributed by atoms with Gasteiger partial charge >= 0.3 is 0 Å². The molecule has 0 atom stereocenters. The molecule has 9 aromatic carbocycles. The van der Waals surface area contributed by atoms with Gasteiger partial charge in [-0.1, -0.05) is 224 Å². The molecule has 0 amide bonds. The summed E-state index contributed by atoms with van der Waals surface area (Å²) in [4.78, 5) is 16.3. The quantitative estimate of drug-likeness (QED) is 0.151. The number of rotatable bonds is 7. The Balaban J connectivity index is 1.14. The van der Waals surface area contributed by atoms with E-state index in [2.05, 4.69) is 218 Å². The zero-order valence-corrected chi connectivity index (χ0v) is 34.4. The number of nitrogens with zero attached hydrogens (tertiary/aromatic N) is 3. The molecule has 3 heteroatoms. The monoisotopic (exact) mass is 801 g/mol. The topological polar surface area (TPSA) is 38.7 Å². The maximum absolute atomic E-state index is 5.53. The number of fused-ring (bicyclic) bond motifs is 7. The van der Waals surface area contributed by atoms with Crippen LogP contribution in [0.2, 0.25) is 0 Å². The lowest BCUT2D eigenvalue weighted by atomic mass is 9.67. The molecular formula is C60H39N3. The summed E-state index contributed by atoms with van der Waals surface area (Å²) < 4.78 is 0. The lowest BCUT2D eigenvalue weighted by Crippen LogP contribution is -2.28. The molecule has 1 aliphatic carbocycles. The highest BCUT2D eigenvalue weighted by Crippen LogP contribution is 2.59. The van der Waals surface area contributed by atoms with Crippen molar-refractivity contribution in [3.63, 3.8) is 0 Å². The van der Waals surface area contributed by atoms with Crippen molar-refractivity contribution in [1.82, 2.24) is 15.0 Å². The molecule has 0 bridgehead atoms. The highest BCUT2D eigenvalue weighted by molar-refractivity contribution is 6.19. The second kappa shape index (κ2) is 15.0. The lowest BCUT2D eigenvalue weighted by Gasteiger charge is -2.34. The second-order valence-corrected chi connectivity index (χ2v) is 16.2. The zero-order valence-electron chi connectivity index (χ0n) is 34.4. The van der Waals surface area contributed by atoms with E-state index in [1.165, 1.54) is 38.8 Å². The Kier molecular flexibility index (Phi) is 8.72. The summed E-state index contributed by atoms with van der Waals surface area (Å²) in [5.41, 5.74) is 16.7. The number of hydrogen-bond acceptors (Lipinski definition) is 3. The Morgan fingerprint density at radius 2 is 0.810 bits per heavy atom. The minimum Gasteiger partial charge on any atom is -0.247 e. The van der Waals surface area contributed by atoms with E-state index >= 15 is 0 Å². The van der Waals surface area contributed by atoms with Crippen LogP contribution in [0.3, 0.4) is 0 Å². The molecule has 0 N–H and O–H groups in total. The molecule has 0 fully saturated rings. The maximum atomic E-state index is 5.53. The third kappa shape index (κ3) is 5.85. The first-order valence-electron chi connectivity index (χ1n) is 21.5. The summed E-state index contributed by atoms with van der Waals surface area (Å²) in [5.74, 6) is 0.687. The maximum Gasteiger partial charge on any atom is 0.160 e. The second-order valence-electron chi connectivity index (χ2n) is 16.2. The first kappa shape index (κ1) is 36.6. The van der Waals surface area contributed by atoms with Crippen molar-refractivity contribution >= 4 is 21.7 Å². The molecule has 2 heterocycles. The fraction of sp³-hybridized carbons (Fsp3) is 0.0167. The van der Waals surface area contributed by atoms with Crippen molar-refractivity contribution in [2.75, 3.05) is 0 Å². The van der Waals surface area contributed by atoms with Gasteiger partial charge in [0.1, 0.15) is 0 Å². The Bertz CT molecular complexity index is 3380. The number of aromatic nitrogens is 3. The SMILES string of the molecule is c1ccc(-c2nc(-c3ccccc3)c(-c3cccc(-c4nc5ccccc5c5c6c(ccc45)C(c4ccccc4)(c4ccccc4)c4ccccc4-6)c3)c(-c3ccccc3)n2)cc1. The van der Waals surface area contributed by atoms with Crippen LogP contribution in [-0.2, 0) is 5.41 Å². The smallest absolute Gasteiger partial charge is 0.160 e. The summed E-state index contributed by atoms with van der Waals surface area (Å²) in [6.45, 7) is 0. The van der Waals surface area contributed by atoms with Gasteiger partial charge in [0.2, 0.25) is 0 Å². The molecule has 0 saturated carbocycles. The molecule has 63 heavy (non-hydrogen) atoms. The van der Waals surface area contributed by atoms with Crippen LogP contribution in [0.4, 0.5) is 0 Å². The Hall–Kier alpha value is -8.27. The first-order valence-corrected chi connectivity index (χ1v) is 21.5. The molecule has 0 spiro atoms. The van der Waals surface area contributed by atoms with Crippen LogP contribution in [0.15, 0.2) is 237 Å². The predicted molar refractivity (Wildman–Crippen MR) is 259 cm³/mol. The fourth-order valence-corrected chi connectivity index (χ4v) is 10.1. The van der Waals surface area contributed by atoms with Crippen molar-refractivity contribution in [2.24, 2.45) is 0 Å². The first-order chi connectivity index (χ1) is 31.3. The molecule has 0 saturated heterocycles. The van der Waals surface area contributed by atoms with E-state index in [4.69, 9.17) is 15.0 Å². The average Bonchev–Trinajstić information content (AvgIpc) is 3.68. The van der Waals surface area contributed by atoms with Gasteiger partial charge in [0.25, 0.3) is 0 Å². The Morgan fingerprint density at radius 3 is 1.44 bits per heavy atom. The van der Waals surface area contributed by atoms with Crippen LogP contribution >= 0.6 is 0 Å². The normalized spacial score (nSPS) is 12.6. The third-order valence-corrected chi connectivity index (χ3v) is 12.7. The molecule has 2 aromatic heterocycles. The van der Waals surface area contributed by atoms with E-state index in [0.717, 1.165) is 66.8 Å². The van der Waals surface area contributed by atoms with Gasteiger partial charge in [-0.2, -0.15) is 0 Å². The van der Waals surface area contributed by atoms with Gasteiger partial charge in [-0.25, -0.2) is 15.0 Å². The molecular weight excluding hydrogens is 763 g/mol. The van der Waals surface area contributed by atoms with Crippen molar-refractivity contribution in [1.29, 1.82) is 0 Å². The average molecular weight is 802 g/mol. The molecule has 12 rings (SSSR count). The molecule has 0 radical (unpaired) electrons. The van der Waals surface area contributed by atoms with Crippen molar-refractivity contribution in [2.45, 2.75) is 5.41 Å². The molecule has 11 aromatic rings. The van der Waals surface area contributed by atoms with Crippen molar-refractivity contribution in [3.8, 4) is 67.4 Å². The molecule has 0 unspecified atom stereocenters. The van der Waals surface area contributed by atoms with Crippen molar-refractivity contribution < 1.29 is 0 Å². The molecule has 1 aliphatic rings. The van der Waals surface area contributed by atoms with E-state index in [0.29, 0.717) is 5.82 Å². The van der Waals surface area contributed by atoms with Gasteiger partial charge in [-0.15, -0.1) is 0 Å². The van der Waals surface area contributed by atoms with E-state index in [1.807, 2.05) is 18.2 Å². The minimum atomic E-state index is -0.513. The summed E-state index contributed by atoms with van der Waals surface area (Å²) in [7, 11) is 0.